The van der Waals surface area contributed by atoms with Crippen LogP contribution >= 0.6 is 11.6 Å². The zero-order chi connectivity index (χ0) is 22.7. The Balaban J connectivity index is 1.40. The summed E-state index contributed by atoms with van der Waals surface area (Å²) in [4.78, 5) is 27.2. The number of benzene rings is 2. The Labute approximate surface area is 193 Å². The molecule has 1 aliphatic rings. The first-order valence-electron chi connectivity index (χ1n) is 10.9. The molecule has 1 aromatic heterocycles. The van der Waals surface area contributed by atoms with Crippen molar-refractivity contribution in [3.05, 3.63) is 98.4 Å². The van der Waals surface area contributed by atoms with Crippen LogP contribution in [0.3, 0.4) is 0 Å². The lowest BCUT2D eigenvalue weighted by Gasteiger charge is -2.32. The summed E-state index contributed by atoms with van der Waals surface area (Å²) in [6, 6.07) is 16.6. The third-order valence-corrected chi connectivity index (χ3v) is 6.41. The van der Waals surface area contributed by atoms with Crippen LogP contribution in [0.25, 0.3) is 0 Å². The summed E-state index contributed by atoms with van der Waals surface area (Å²) in [5.41, 5.74) is 3.63. The van der Waals surface area contributed by atoms with Gasteiger partial charge < -0.3 is 14.2 Å². The maximum atomic E-state index is 13.1. The first-order valence-corrected chi connectivity index (χ1v) is 11.3. The Kier molecular flexibility index (Phi) is 6.66. The summed E-state index contributed by atoms with van der Waals surface area (Å²) < 4.78 is 7.67. The van der Waals surface area contributed by atoms with Gasteiger partial charge in [-0.15, -0.1) is 0 Å². The molecule has 0 saturated carbocycles. The predicted molar refractivity (Wildman–Crippen MR) is 127 cm³/mol. The minimum absolute atomic E-state index is 0.0671. The highest BCUT2D eigenvalue weighted by Gasteiger charge is 2.25. The molecule has 0 bridgehead atoms. The smallest absolute Gasteiger partial charge is 0.255 e. The van der Waals surface area contributed by atoms with E-state index in [-0.39, 0.29) is 17.6 Å². The van der Waals surface area contributed by atoms with Crippen LogP contribution in [0.4, 0.5) is 0 Å². The molecule has 0 spiro atoms. The maximum Gasteiger partial charge on any atom is 0.255 e. The SMILES string of the molecule is Cc1ccc(OC2CCN(C(=O)c3ccc(=O)n(Cc4ccccc4Cl)c3)CC2)cc1C. The van der Waals surface area contributed by atoms with E-state index in [2.05, 4.69) is 26.0 Å². The van der Waals surface area contributed by atoms with Crippen molar-refractivity contribution in [2.24, 2.45) is 0 Å². The molecule has 0 radical (unpaired) electrons. The molecule has 3 aromatic rings. The third kappa shape index (κ3) is 5.05. The summed E-state index contributed by atoms with van der Waals surface area (Å²) in [6.07, 6.45) is 3.27. The summed E-state index contributed by atoms with van der Waals surface area (Å²) in [5, 5.41) is 0.599. The molecule has 1 aliphatic heterocycles. The van der Waals surface area contributed by atoms with Gasteiger partial charge in [-0.2, -0.15) is 0 Å². The third-order valence-electron chi connectivity index (χ3n) is 6.04. The molecule has 1 amide bonds. The average Bonchev–Trinajstić information content (AvgIpc) is 2.79. The number of hydrogen-bond donors (Lipinski definition) is 0. The standard InChI is InChI=1S/C26H27ClN2O3/c1-18-7-9-23(15-19(18)2)32-22-11-13-28(14-12-22)26(31)21-8-10-25(30)29(17-21)16-20-5-3-4-6-24(20)27/h3-10,15,17,22H,11-14,16H2,1-2H3. The van der Waals surface area contributed by atoms with Crippen LogP contribution in [-0.2, 0) is 6.54 Å². The van der Waals surface area contributed by atoms with Gasteiger partial charge in [-0.1, -0.05) is 35.9 Å². The fourth-order valence-electron chi connectivity index (χ4n) is 3.93. The predicted octanol–water partition coefficient (Wildman–Crippen LogP) is 4.85. The van der Waals surface area contributed by atoms with Crippen molar-refractivity contribution in [1.82, 2.24) is 9.47 Å². The van der Waals surface area contributed by atoms with Crippen LogP contribution in [0.15, 0.2) is 65.6 Å². The molecular weight excluding hydrogens is 424 g/mol. The number of rotatable bonds is 5. The normalized spacial score (nSPS) is 14.4. The van der Waals surface area contributed by atoms with Crippen LogP contribution in [0, 0.1) is 13.8 Å². The summed E-state index contributed by atoms with van der Waals surface area (Å²) >= 11 is 6.24. The molecule has 0 N–H and O–H groups in total. The number of ether oxygens (including phenoxy) is 1. The molecule has 2 heterocycles. The van der Waals surface area contributed by atoms with Crippen LogP contribution in [0.1, 0.15) is 39.9 Å². The van der Waals surface area contributed by atoms with Crippen LogP contribution < -0.4 is 10.3 Å². The fourth-order valence-corrected chi connectivity index (χ4v) is 4.13. The molecule has 166 valence electrons. The zero-order valence-electron chi connectivity index (χ0n) is 18.4. The second-order valence-electron chi connectivity index (χ2n) is 8.33. The van der Waals surface area contributed by atoms with Crippen LogP contribution in [0.2, 0.25) is 5.02 Å². The van der Waals surface area contributed by atoms with Gasteiger partial charge >= 0.3 is 0 Å². The molecule has 6 heteroatoms. The van der Waals surface area contributed by atoms with Crippen molar-refractivity contribution in [2.45, 2.75) is 39.3 Å². The van der Waals surface area contributed by atoms with Gasteiger partial charge in [-0.05, 0) is 54.8 Å². The Bertz CT molecular complexity index is 1180. The van der Waals surface area contributed by atoms with Crippen molar-refractivity contribution in [3.63, 3.8) is 0 Å². The topological polar surface area (TPSA) is 51.5 Å². The van der Waals surface area contributed by atoms with Gasteiger partial charge in [0.15, 0.2) is 0 Å². The second-order valence-corrected chi connectivity index (χ2v) is 8.74. The monoisotopic (exact) mass is 450 g/mol. The number of likely N-dealkylation sites (tertiary alicyclic amines) is 1. The summed E-state index contributed by atoms with van der Waals surface area (Å²) in [7, 11) is 0. The number of nitrogens with zero attached hydrogens (tertiary/aromatic N) is 2. The minimum atomic E-state index is -0.165. The maximum absolute atomic E-state index is 13.1. The van der Waals surface area contributed by atoms with Crippen LogP contribution in [0.5, 0.6) is 5.75 Å². The highest BCUT2D eigenvalue weighted by atomic mass is 35.5. The van der Waals surface area contributed by atoms with Gasteiger partial charge in [-0.3, -0.25) is 9.59 Å². The number of amides is 1. The van der Waals surface area contributed by atoms with Crippen molar-refractivity contribution in [3.8, 4) is 5.75 Å². The Morgan fingerprint density at radius 3 is 2.50 bits per heavy atom. The van der Waals surface area contributed by atoms with Crippen molar-refractivity contribution in [1.29, 1.82) is 0 Å². The lowest BCUT2D eigenvalue weighted by molar-refractivity contribution is 0.0594. The lowest BCUT2D eigenvalue weighted by atomic mass is 10.1. The molecule has 5 nitrogen and oxygen atoms in total. The van der Waals surface area contributed by atoms with E-state index in [1.54, 1.807) is 18.3 Å². The Morgan fingerprint density at radius 2 is 1.78 bits per heavy atom. The minimum Gasteiger partial charge on any atom is -0.490 e. The fraction of sp³-hybridized carbons (Fsp3) is 0.308. The van der Waals surface area contributed by atoms with Gasteiger partial charge in [0.25, 0.3) is 11.5 Å². The number of pyridine rings is 1. The van der Waals surface area contributed by atoms with Crippen LogP contribution in [-0.4, -0.2) is 34.6 Å². The van der Waals surface area contributed by atoms with E-state index >= 15 is 0 Å². The molecule has 1 fully saturated rings. The van der Waals surface area contributed by atoms with Gasteiger partial charge in [0, 0.05) is 43.2 Å². The Morgan fingerprint density at radius 1 is 1.03 bits per heavy atom. The molecule has 1 saturated heterocycles. The average molecular weight is 451 g/mol. The van der Waals surface area contributed by atoms with E-state index in [1.807, 2.05) is 29.2 Å². The van der Waals surface area contributed by atoms with E-state index in [4.69, 9.17) is 16.3 Å². The van der Waals surface area contributed by atoms with Crippen molar-refractivity contribution < 1.29 is 9.53 Å². The summed E-state index contributed by atoms with van der Waals surface area (Å²) in [5.74, 6) is 0.812. The van der Waals surface area contributed by atoms with E-state index in [0.29, 0.717) is 30.2 Å². The molecule has 0 unspecified atom stereocenters. The first-order chi connectivity index (χ1) is 15.4. The van der Waals surface area contributed by atoms with Gasteiger partial charge in [0.05, 0.1) is 12.1 Å². The van der Waals surface area contributed by atoms with E-state index < -0.39 is 0 Å². The molecule has 2 aromatic carbocycles. The number of halogens is 1. The highest BCUT2D eigenvalue weighted by Crippen LogP contribution is 2.22. The summed E-state index contributed by atoms with van der Waals surface area (Å²) in [6.45, 7) is 5.73. The quantitative estimate of drug-likeness (QED) is 0.558. The number of hydrogen-bond acceptors (Lipinski definition) is 3. The number of aryl methyl sites for hydroxylation is 2. The van der Waals surface area contributed by atoms with Crippen molar-refractivity contribution in [2.75, 3.05) is 13.1 Å². The van der Waals surface area contributed by atoms with Gasteiger partial charge in [0.2, 0.25) is 0 Å². The van der Waals surface area contributed by atoms with Gasteiger partial charge in [0.1, 0.15) is 11.9 Å². The molecule has 32 heavy (non-hydrogen) atoms. The lowest BCUT2D eigenvalue weighted by Crippen LogP contribution is -2.42. The molecule has 0 atom stereocenters. The molecular formula is C26H27ClN2O3. The first kappa shape index (κ1) is 22.2. The number of piperidine rings is 1. The highest BCUT2D eigenvalue weighted by molar-refractivity contribution is 6.31. The zero-order valence-corrected chi connectivity index (χ0v) is 19.1. The van der Waals surface area contributed by atoms with Gasteiger partial charge in [-0.25, -0.2) is 0 Å². The molecule has 0 aliphatic carbocycles. The number of aromatic nitrogens is 1. The van der Waals surface area contributed by atoms with E-state index in [1.165, 1.54) is 21.8 Å². The number of carbonyl (C=O) groups is 1. The largest absolute Gasteiger partial charge is 0.490 e. The molecule has 4 rings (SSSR count). The second kappa shape index (κ2) is 9.61. The van der Waals surface area contributed by atoms with E-state index in [9.17, 15) is 9.59 Å². The van der Waals surface area contributed by atoms with E-state index in [0.717, 1.165) is 24.2 Å². The number of carbonyl (C=O) groups excluding carboxylic acids is 1. The Hall–Kier alpha value is -3.05. The van der Waals surface area contributed by atoms with Crippen molar-refractivity contribution >= 4 is 17.5 Å².